The van der Waals surface area contributed by atoms with Crippen LogP contribution in [0.1, 0.15) is 181 Å². The number of carbonyl (C=O) groups is 2. The standard InChI is InChI=1S/C35H70NO8P/c1-3-5-7-9-11-13-15-17-19-21-23-25-28-35(38)44-33(32-43-45(39,40)42-30-26-29-36)31-41-34(37)27-24-22-20-18-16-14-12-10-8-6-4-2/h33H,3-32,36H2,1-2H3,(H,39,40)/p-1/t33-/m0/s1. The first-order valence-corrected chi connectivity index (χ1v) is 20.0. The minimum Gasteiger partial charge on any atom is -0.756 e. The average Bonchev–Trinajstić information content (AvgIpc) is 3.01. The number of ether oxygens (including phenoxy) is 2. The minimum absolute atomic E-state index is 0.0887. The summed E-state index contributed by atoms with van der Waals surface area (Å²) in [5.41, 5.74) is 5.38. The molecule has 0 fully saturated rings. The number of carbonyl (C=O) groups excluding carboxylic acids is 2. The summed E-state index contributed by atoms with van der Waals surface area (Å²) in [6, 6.07) is 0. The van der Waals surface area contributed by atoms with Crippen molar-refractivity contribution in [3.63, 3.8) is 0 Å². The quantitative estimate of drug-likeness (QED) is 0.0400. The minimum atomic E-state index is -4.60. The maximum Gasteiger partial charge on any atom is 0.306 e. The molecule has 0 aromatic rings. The molecule has 0 spiro atoms. The lowest BCUT2D eigenvalue weighted by molar-refractivity contribution is -0.228. The second-order valence-corrected chi connectivity index (χ2v) is 13.8. The zero-order valence-corrected chi connectivity index (χ0v) is 30.0. The Bertz CT molecular complexity index is 724. The van der Waals surface area contributed by atoms with Gasteiger partial charge < -0.3 is 29.1 Å². The van der Waals surface area contributed by atoms with Gasteiger partial charge in [-0.05, 0) is 25.8 Å². The molecule has 45 heavy (non-hydrogen) atoms. The lowest BCUT2D eigenvalue weighted by Crippen LogP contribution is -2.30. The second kappa shape index (κ2) is 32.9. The summed E-state index contributed by atoms with van der Waals surface area (Å²) < 4.78 is 32.5. The van der Waals surface area contributed by atoms with Gasteiger partial charge in [0.2, 0.25) is 0 Å². The largest absolute Gasteiger partial charge is 0.756 e. The van der Waals surface area contributed by atoms with Crippen LogP contribution in [0.2, 0.25) is 0 Å². The first-order chi connectivity index (χ1) is 21.8. The van der Waals surface area contributed by atoms with Crippen molar-refractivity contribution < 1.29 is 37.6 Å². The lowest BCUT2D eigenvalue weighted by Gasteiger charge is -2.25. The molecule has 1 unspecified atom stereocenters. The highest BCUT2D eigenvalue weighted by Gasteiger charge is 2.21. The van der Waals surface area contributed by atoms with E-state index in [9.17, 15) is 19.0 Å². The Balaban J connectivity index is 4.29. The topological polar surface area (TPSA) is 137 Å². The number of esters is 2. The van der Waals surface area contributed by atoms with Gasteiger partial charge in [0.25, 0.3) is 7.82 Å². The summed E-state index contributed by atoms with van der Waals surface area (Å²) in [6.45, 7) is 3.93. The first-order valence-electron chi connectivity index (χ1n) is 18.5. The molecule has 0 saturated carbocycles. The molecule has 0 aliphatic heterocycles. The highest BCUT2D eigenvalue weighted by Crippen LogP contribution is 2.38. The van der Waals surface area contributed by atoms with Crippen molar-refractivity contribution in [2.24, 2.45) is 5.73 Å². The molecule has 0 amide bonds. The van der Waals surface area contributed by atoms with Crippen LogP contribution in [0, 0.1) is 0 Å². The second-order valence-electron chi connectivity index (χ2n) is 12.4. The van der Waals surface area contributed by atoms with E-state index in [-0.39, 0.29) is 32.6 Å². The van der Waals surface area contributed by atoms with Crippen LogP contribution < -0.4 is 10.6 Å². The summed E-state index contributed by atoms with van der Waals surface area (Å²) in [7, 11) is -4.60. The van der Waals surface area contributed by atoms with Crippen LogP contribution in [0.3, 0.4) is 0 Å². The van der Waals surface area contributed by atoms with Crippen molar-refractivity contribution in [3.8, 4) is 0 Å². The Labute approximate surface area is 276 Å². The Morgan fingerprint density at radius 3 is 1.40 bits per heavy atom. The Kier molecular flexibility index (Phi) is 32.2. The van der Waals surface area contributed by atoms with Crippen molar-refractivity contribution >= 4 is 19.8 Å². The van der Waals surface area contributed by atoms with Gasteiger partial charge in [-0.3, -0.25) is 14.2 Å². The molecule has 0 rings (SSSR count). The number of unbranched alkanes of at least 4 members (excludes halogenated alkanes) is 21. The Morgan fingerprint density at radius 2 is 0.978 bits per heavy atom. The summed E-state index contributed by atoms with van der Waals surface area (Å²) in [5.74, 6) is -0.848. The highest BCUT2D eigenvalue weighted by atomic mass is 31.2. The third-order valence-electron chi connectivity index (χ3n) is 7.96. The van der Waals surface area contributed by atoms with Crippen molar-refractivity contribution in [3.05, 3.63) is 0 Å². The van der Waals surface area contributed by atoms with E-state index in [0.29, 0.717) is 12.8 Å². The van der Waals surface area contributed by atoms with E-state index in [0.717, 1.165) is 32.1 Å². The van der Waals surface area contributed by atoms with E-state index in [2.05, 4.69) is 13.8 Å². The van der Waals surface area contributed by atoms with Gasteiger partial charge in [-0.15, -0.1) is 0 Å². The Morgan fingerprint density at radius 1 is 0.578 bits per heavy atom. The molecular weight excluding hydrogens is 593 g/mol. The number of hydrogen-bond donors (Lipinski definition) is 1. The number of phosphoric ester groups is 1. The maximum absolute atomic E-state index is 12.5. The van der Waals surface area contributed by atoms with Gasteiger partial charge in [0.1, 0.15) is 6.61 Å². The third-order valence-corrected chi connectivity index (χ3v) is 8.93. The van der Waals surface area contributed by atoms with E-state index in [1.807, 2.05) is 0 Å². The molecule has 10 heteroatoms. The average molecular weight is 663 g/mol. The van der Waals surface area contributed by atoms with E-state index in [1.54, 1.807) is 0 Å². The van der Waals surface area contributed by atoms with Crippen LogP contribution in [-0.4, -0.2) is 44.4 Å². The smallest absolute Gasteiger partial charge is 0.306 e. The molecule has 2 atom stereocenters. The maximum atomic E-state index is 12.5. The summed E-state index contributed by atoms with van der Waals surface area (Å²) >= 11 is 0. The van der Waals surface area contributed by atoms with Gasteiger partial charge in [-0.25, -0.2) is 0 Å². The van der Waals surface area contributed by atoms with E-state index in [4.69, 9.17) is 24.3 Å². The van der Waals surface area contributed by atoms with Gasteiger partial charge >= 0.3 is 11.9 Å². The van der Waals surface area contributed by atoms with Crippen LogP contribution in [0.15, 0.2) is 0 Å². The van der Waals surface area contributed by atoms with Gasteiger partial charge in [0, 0.05) is 12.8 Å². The zero-order valence-electron chi connectivity index (χ0n) is 29.1. The summed E-state index contributed by atoms with van der Waals surface area (Å²) in [6.07, 6.45) is 27.2. The number of nitrogens with two attached hydrogens (primary N) is 1. The third kappa shape index (κ3) is 32.7. The van der Waals surface area contributed by atoms with Crippen LogP contribution in [-0.2, 0) is 32.7 Å². The fraction of sp³-hybridized carbons (Fsp3) is 0.943. The summed E-state index contributed by atoms with van der Waals surface area (Å²) in [4.78, 5) is 36.9. The van der Waals surface area contributed by atoms with Gasteiger partial charge in [0.05, 0.1) is 13.2 Å². The molecule has 0 radical (unpaired) electrons. The number of phosphoric acid groups is 1. The Hall–Kier alpha value is -0.990. The molecule has 0 aromatic heterocycles. The van der Waals surface area contributed by atoms with Crippen molar-refractivity contribution in [1.82, 2.24) is 0 Å². The van der Waals surface area contributed by atoms with E-state index in [1.165, 1.54) is 109 Å². The van der Waals surface area contributed by atoms with Gasteiger partial charge in [-0.2, -0.15) is 0 Å². The van der Waals surface area contributed by atoms with Crippen LogP contribution in [0.4, 0.5) is 0 Å². The fourth-order valence-electron chi connectivity index (χ4n) is 5.13. The van der Waals surface area contributed by atoms with E-state index >= 15 is 0 Å². The predicted molar refractivity (Wildman–Crippen MR) is 181 cm³/mol. The molecule has 0 bridgehead atoms. The van der Waals surface area contributed by atoms with Gasteiger partial charge in [0.15, 0.2) is 6.10 Å². The molecule has 0 aliphatic carbocycles. The van der Waals surface area contributed by atoms with Gasteiger partial charge in [-0.1, -0.05) is 149 Å². The molecular formula is C35H69NO8P-. The lowest BCUT2D eigenvalue weighted by atomic mass is 10.0. The number of rotatable bonds is 35. The summed E-state index contributed by atoms with van der Waals surface area (Å²) in [5, 5.41) is 0. The fourth-order valence-corrected chi connectivity index (χ4v) is 5.91. The zero-order chi connectivity index (χ0) is 33.3. The van der Waals surface area contributed by atoms with Crippen molar-refractivity contribution in [1.29, 1.82) is 0 Å². The molecule has 0 aliphatic rings. The van der Waals surface area contributed by atoms with Crippen molar-refractivity contribution in [2.75, 3.05) is 26.4 Å². The van der Waals surface area contributed by atoms with Crippen LogP contribution >= 0.6 is 7.82 Å². The normalized spacial score (nSPS) is 13.4. The molecule has 0 saturated heterocycles. The number of hydrogen-bond acceptors (Lipinski definition) is 9. The van der Waals surface area contributed by atoms with E-state index < -0.39 is 32.5 Å². The molecule has 0 aromatic carbocycles. The molecule has 268 valence electrons. The SMILES string of the molecule is CCCCCCCCCCCCCCC(=O)O[C@@H](COC(=O)CCCCCCCCCCCCC)COP(=O)([O-])OCCCN. The van der Waals surface area contributed by atoms with Crippen molar-refractivity contribution in [2.45, 2.75) is 187 Å². The molecule has 9 nitrogen and oxygen atoms in total. The molecule has 2 N–H and O–H groups in total. The predicted octanol–water partition coefficient (Wildman–Crippen LogP) is 9.08. The first kappa shape index (κ1) is 44.0. The highest BCUT2D eigenvalue weighted by molar-refractivity contribution is 7.45. The molecule has 0 heterocycles. The van der Waals surface area contributed by atoms with Crippen LogP contribution in [0.5, 0.6) is 0 Å². The van der Waals surface area contributed by atoms with Crippen LogP contribution in [0.25, 0.3) is 0 Å². The monoisotopic (exact) mass is 662 g/mol.